The van der Waals surface area contributed by atoms with Crippen LogP contribution in [0.4, 0.5) is 0 Å². The zero-order valence-electron chi connectivity index (χ0n) is 8.63. The topological polar surface area (TPSA) is 15.3 Å². The van der Waals surface area contributed by atoms with E-state index in [0.717, 1.165) is 19.6 Å². The van der Waals surface area contributed by atoms with Crippen molar-refractivity contribution >= 4 is 11.3 Å². The molecule has 0 amide bonds. The molecular weight excluding hydrogens is 180 g/mol. The Hall–Kier alpha value is -0.380. The van der Waals surface area contributed by atoms with Gasteiger partial charge in [0, 0.05) is 24.5 Å². The molecule has 0 saturated heterocycles. The van der Waals surface area contributed by atoms with Gasteiger partial charge in [-0.05, 0) is 38.0 Å². The van der Waals surface area contributed by atoms with E-state index in [0.29, 0.717) is 0 Å². The van der Waals surface area contributed by atoms with Gasteiger partial charge in [0.05, 0.1) is 0 Å². The third-order valence-electron chi connectivity index (χ3n) is 1.99. The van der Waals surface area contributed by atoms with Crippen molar-refractivity contribution in [3.05, 3.63) is 21.9 Å². The lowest BCUT2D eigenvalue weighted by atomic mass is 10.3. The van der Waals surface area contributed by atoms with Gasteiger partial charge >= 0.3 is 0 Å². The van der Waals surface area contributed by atoms with E-state index in [-0.39, 0.29) is 0 Å². The molecule has 74 valence electrons. The Morgan fingerprint density at radius 3 is 2.77 bits per heavy atom. The van der Waals surface area contributed by atoms with Gasteiger partial charge in [-0.1, -0.05) is 0 Å². The molecule has 1 N–H and O–H groups in total. The Bertz CT molecular complexity index is 243. The SMILES string of the molecule is Cc1ccsc1CNCCN(C)C. The number of aryl methyl sites for hydroxylation is 1. The fourth-order valence-corrected chi connectivity index (χ4v) is 1.97. The quantitative estimate of drug-likeness (QED) is 0.725. The van der Waals surface area contributed by atoms with Crippen LogP contribution in [0.15, 0.2) is 11.4 Å². The lowest BCUT2D eigenvalue weighted by Crippen LogP contribution is -2.26. The molecule has 0 unspecified atom stereocenters. The maximum atomic E-state index is 3.43. The van der Waals surface area contributed by atoms with Crippen LogP contribution in [0.2, 0.25) is 0 Å². The summed E-state index contributed by atoms with van der Waals surface area (Å²) < 4.78 is 0. The van der Waals surface area contributed by atoms with Gasteiger partial charge in [0.2, 0.25) is 0 Å². The van der Waals surface area contributed by atoms with Crippen LogP contribution < -0.4 is 5.32 Å². The first-order valence-corrected chi connectivity index (χ1v) is 5.46. The first kappa shape index (κ1) is 10.7. The molecule has 0 saturated carbocycles. The Labute approximate surface area is 84.6 Å². The molecule has 1 rings (SSSR count). The van der Waals surface area contributed by atoms with Gasteiger partial charge in [0.15, 0.2) is 0 Å². The molecule has 0 bridgehead atoms. The number of hydrogen-bond donors (Lipinski definition) is 1. The van der Waals surface area contributed by atoms with Crippen molar-refractivity contribution in [1.29, 1.82) is 0 Å². The van der Waals surface area contributed by atoms with Crippen molar-refractivity contribution < 1.29 is 0 Å². The molecule has 0 fully saturated rings. The zero-order chi connectivity index (χ0) is 9.68. The summed E-state index contributed by atoms with van der Waals surface area (Å²) in [5, 5.41) is 5.58. The second-order valence-corrected chi connectivity index (χ2v) is 4.51. The fourth-order valence-electron chi connectivity index (χ4n) is 1.09. The van der Waals surface area contributed by atoms with E-state index < -0.39 is 0 Å². The molecule has 0 aromatic carbocycles. The van der Waals surface area contributed by atoms with E-state index >= 15 is 0 Å². The second-order valence-electron chi connectivity index (χ2n) is 3.51. The summed E-state index contributed by atoms with van der Waals surface area (Å²) in [7, 11) is 4.19. The lowest BCUT2D eigenvalue weighted by molar-refractivity contribution is 0.400. The van der Waals surface area contributed by atoms with Crippen LogP contribution in [0.3, 0.4) is 0 Å². The summed E-state index contributed by atoms with van der Waals surface area (Å²) in [5.74, 6) is 0. The Balaban J connectivity index is 2.17. The smallest absolute Gasteiger partial charge is 0.0302 e. The lowest BCUT2D eigenvalue weighted by Gasteiger charge is -2.09. The van der Waals surface area contributed by atoms with Gasteiger partial charge in [-0.25, -0.2) is 0 Å². The van der Waals surface area contributed by atoms with E-state index in [4.69, 9.17) is 0 Å². The normalized spacial score (nSPS) is 11.1. The van der Waals surface area contributed by atoms with E-state index in [1.54, 1.807) is 0 Å². The van der Waals surface area contributed by atoms with Crippen LogP contribution in [0.5, 0.6) is 0 Å². The van der Waals surface area contributed by atoms with Gasteiger partial charge in [-0.2, -0.15) is 0 Å². The van der Waals surface area contributed by atoms with Crippen LogP contribution >= 0.6 is 11.3 Å². The molecule has 1 aromatic heterocycles. The third kappa shape index (κ3) is 3.89. The molecule has 1 heterocycles. The van der Waals surface area contributed by atoms with Gasteiger partial charge in [0.1, 0.15) is 0 Å². The molecule has 0 spiro atoms. The first-order chi connectivity index (χ1) is 6.20. The van der Waals surface area contributed by atoms with Crippen molar-refractivity contribution in [2.75, 3.05) is 27.2 Å². The predicted molar refractivity (Wildman–Crippen MR) is 59.3 cm³/mol. The Morgan fingerprint density at radius 1 is 1.46 bits per heavy atom. The number of likely N-dealkylation sites (N-methyl/N-ethyl adjacent to an activating group) is 1. The standard InChI is InChI=1S/C10H18N2S/c1-9-4-7-13-10(9)8-11-5-6-12(2)3/h4,7,11H,5-6,8H2,1-3H3. The Morgan fingerprint density at radius 2 is 2.23 bits per heavy atom. The Kier molecular flexibility index (Phi) is 4.42. The highest BCUT2D eigenvalue weighted by molar-refractivity contribution is 7.10. The van der Waals surface area contributed by atoms with Gasteiger partial charge in [0.25, 0.3) is 0 Å². The summed E-state index contributed by atoms with van der Waals surface area (Å²) in [5.41, 5.74) is 1.40. The number of nitrogens with zero attached hydrogens (tertiary/aromatic N) is 1. The number of nitrogens with one attached hydrogen (secondary N) is 1. The molecule has 2 nitrogen and oxygen atoms in total. The van der Waals surface area contributed by atoms with Crippen LogP contribution in [-0.4, -0.2) is 32.1 Å². The van der Waals surface area contributed by atoms with Crippen molar-refractivity contribution in [1.82, 2.24) is 10.2 Å². The predicted octanol–water partition coefficient (Wildman–Crippen LogP) is 1.71. The molecule has 13 heavy (non-hydrogen) atoms. The monoisotopic (exact) mass is 198 g/mol. The second kappa shape index (κ2) is 5.37. The van der Waals surface area contributed by atoms with Crippen molar-refractivity contribution in [2.24, 2.45) is 0 Å². The first-order valence-electron chi connectivity index (χ1n) is 4.58. The minimum Gasteiger partial charge on any atom is -0.311 e. The van der Waals surface area contributed by atoms with Crippen LogP contribution in [0.25, 0.3) is 0 Å². The van der Waals surface area contributed by atoms with Gasteiger partial charge in [-0.3, -0.25) is 0 Å². The fraction of sp³-hybridized carbons (Fsp3) is 0.600. The molecule has 3 heteroatoms. The van der Waals surface area contributed by atoms with Crippen molar-refractivity contribution in [3.8, 4) is 0 Å². The molecule has 1 aromatic rings. The summed E-state index contributed by atoms with van der Waals surface area (Å²) in [6.45, 7) is 5.34. The zero-order valence-corrected chi connectivity index (χ0v) is 9.45. The van der Waals surface area contributed by atoms with Crippen LogP contribution in [0.1, 0.15) is 10.4 Å². The largest absolute Gasteiger partial charge is 0.311 e. The number of rotatable bonds is 5. The molecule has 0 aliphatic rings. The van der Waals surface area contributed by atoms with E-state index in [1.807, 2.05) is 11.3 Å². The van der Waals surface area contributed by atoms with Crippen molar-refractivity contribution in [2.45, 2.75) is 13.5 Å². The van der Waals surface area contributed by atoms with E-state index in [9.17, 15) is 0 Å². The highest BCUT2D eigenvalue weighted by Gasteiger charge is 1.98. The summed E-state index contributed by atoms with van der Waals surface area (Å²) >= 11 is 1.83. The molecule has 0 atom stereocenters. The summed E-state index contributed by atoms with van der Waals surface area (Å²) in [6.07, 6.45) is 0. The third-order valence-corrected chi connectivity index (χ3v) is 3.01. The summed E-state index contributed by atoms with van der Waals surface area (Å²) in [6, 6.07) is 2.17. The minimum atomic E-state index is 1.01. The van der Waals surface area contributed by atoms with Gasteiger partial charge in [-0.15, -0.1) is 11.3 Å². The minimum absolute atomic E-state index is 1.01. The number of thiophene rings is 1. The molecule has 0 aliphatic carbocycles. The van der Waals surface area contributed by atoms with E-state index in [2.05, 4.69) is 42.7 Å². The van der Waals surface area contributed by atoms with Crippen LogP contribution in [-0.2, 0) is 6.54 Å². The molecular formula is C10H18N2S. The highest BCUT2D eigenvalue weighted by atomic mass is 32.1. The van der Waals surface area contributed by atoms with E-state index in [1.165, 1.54) is 10.4 Å². The maximum Gasteiger partial charge on any atom is 0.0302 e. The maximum absolute atomic E-state index is 3.43. The van der Waals surface area contributed by atoms with Crippen LogP contribution in [0, 0.1) is 6.92 Å². The summed E-state index contributed by atoms with van der Waals surface area (Å²) in [4.78, 5) is 3.65. The van der Waals surface area contributed by atoms with Gasteiger partial charge < -0.3 is 10.2 Å². The average molecular weight is 198 g/mol. The van der Waals surface area contributed by atoms with Crippen molar-refractivity contribution in [3.63, 3.8) is 0 Å². The molecule has 0 aliphatic heterocycles. The number of hydrogen-bond acceptors (Lipinski definition) is 3. The average Bonchev–Trinajstić information content (AvgIpc) is 2.45. The highest BCUT2D eigenvalue weighted by Crippen LogP contribution is 2.14. The molecule has 0 radical (unpaired) electrons.